The number of nitrogens with zero attached hydrogens (tertiary/aromatic N) is 1. The first-order valence-electron chi connectivity index (χ1n) is 4.84. The highest BCUT2D eigenvalue weighted by atomic mass is 16.4. The summed E-state index contributed by atoms with van der Waals surface area (Å²) in [6, 6.07) is 8.15. The second-order valence-corrected chi connectivity index (χ2v) is 3.43. The van der Waals surface area contributed by atoms with Crippen molar-refractivity contribution in [1.82, 2.24) is 10.2 Å². The second kappa shape index (κ2) is 4.13. The lowest BCUT2D eigenvalue weighted by molar-refractivity contribution is 0.461. The summed E-state index contributed by atoms with van der Waals surface area (Å²) in [4.78, 5) is 10.7. The molecule has 4 heteroatoms. The number of aromatic amines is 1. The van der Waals surface area contributed by atoms with Crippen molar-refractivity contribution in [3.63, 3.8) is 0 Å². The highest BCUT2D eigenvalue weighted by Crippen LogP contribution is 2.09. The van der Waals surface area contributed by atoms with Gasteiger partial charge in [0.15, 0.2) is 0 Å². The van der Waals surface area contributed by atoms with Crippen LogP contribution >= 0.6 is 0 Å². The number of rotatable bonds is 3. The van der Waals surface area contributed by atoms with Crippen molar-refractivity contribution in [2.45, 2.75) is 19.8 Å². The van der Waals surface area contributed by atoms with Crippen molar-refractivity contribution >= 4 is 0 Å². The Kier molecular flexibility index (Phi) is 2.67. The predicted molar refractivity (Wildman–Crippen MR) is 55.7 cm³/mol. The number of aryl methyl sites for hydroxylation is 3. The summed E-state index contributed by atoms with van der Waals surface area (Å²) in [5, 5.41) is 6.00. The zero-order valence-corrected chi connectivity index (χ0v) is 8.49. The lowest BCUT2D eigenvalue weighted by Gasteiger charge is -2.02. The van der Waals surface area contributed by atoms with Gasteiger partial charge in [0, 0.05) is 6.42 Å². The molecule has 0 aliphatic heterocycles. The van der Waals surface area contributed by atoms with Gasteiger partial charge in [0.25, 0.3) is 0 Å². The molecule has 1 N–H and O–H groups in total. The van der Waals surface area contributed by atoms with Crippen molar-refractivity contribution < 1.29 is 4.42 Å². The Morgan fingerprint density at radius 1 is 1.33 bits per heavy atom. The fourth-order valence-corrected chi connectivity index (χ4v) is 1.50. The first-order chi connectivity index (χ1) is 7.25. The average molecular weight is 204 g/mol. The maximum Gasteiger partial charge on any atom is 0.434 e. The first-order valence-corrected chi connectivity index (χ1v) is 4.84. The largest absolute Gasteiger partial charge is 0.434 e. The molecule has 15 heavy (non-hydrogen) atoms. The number of aromatic nitrogens is 2. The Labute approximate surface area is 86.9 Å². The van der Waals surface area contributed by atoms with Crippen LogP contribution in [0.3, 0.4) is 0 Å². The molecule has 0 aliphatic rings. The van der Waals surface area contributed by atoms with Gasteiger partial charge in [0.1, 0.15) is 0 Å². The highest BCUT2D eigenvalue weighted by molar-refractivity contribution is 5.25. The van der Waals surface area contributed by atoms with Crippen molar-refractivity contribution in [3.05, 3.63) is 51.8 Å². The van der Waals surface area contributed by atoms with Crippen LogP contribution in [0.1, 0.15) is 17.0 Å². The zero-order valence-electron chi connectivity index (χ0n) is 8.49. The van der Waals surface area contributed by atoms with Crippen molar-refractivity contribution in [2.24, 2.45) is 0 Å². The molecule has 0 radical (unpaired) electrons. The monoisotopic (exact) mass is 204 g/mol. The van der Waals surface area contributed by atoms with Crippen LogP contribution in [0.2, 0.25) is 0 Å². The van der Waals surface area contributed by atoms with Crippen molar-refractivity contribution in [2.75, 3.05) is 0 Å². The van der Waals surface area contributed by atoms with Crippen LogP contribution in [0.5, 0.6) is 0 Å². The third kappa shape index (κ3) is 2.34. The molecule has 4 nitrogen and oxygen atoms in total. The van der Waals surface area contributed by atoms with Gasteiger partial charge in [-0.15, -0.1) is 5.10 Å². The first kappa shape index (κ1) is 9.71. The van der Waals surface area contributed by atoms with Crippen LogP contribution < -0.4 is 5.76 Å². The Morgan fingerprint density at radius 2 is 2.13 bits per heavy atom. The van der Waals surface area contributed by atoms with E-state index in [1.165, 1.54) is 11.1 Å². The Bertz CT molecular complexity index is 499. The molecule has 0 saturated carbocycles. The molecule has 0 bridgehead atoms. The zero-order chi connectivity index (χ0) is 10.7. The van der Waals surface area contributed by atoms with Gasteiger partial charge in [0.05, 0.1) is 0 Å². The van der Waals surface area contributed by atoms with E-state index < -0.39 is 5.76 Å². The smallest absolute Gasteiger partial charge is 0.392 e. The number of hydrogen-bond acceptors (Lipinski definition) is 3. The lowest BCUT2D eigenvalue weighted by Crippen LogP contribution is -1.94. The van der Waals surface area contributed by atoms with Gasteiger partial charge in [-0.3, -0.25) is 0 Å². The van der Waals surface area contributed by atoms with E-state index in [9.17, 15) is 4.79 Å². The standard InChI is InChI=1S/C11H12N2O2/c1-8-4-2-3-5-9(8)6-7-10-12-13-11(14)15-10/h2-5H,6-7H2,1H3,(H,13,14). The van der Waals surface area contributed by atoms with E-state index in [-0.39, 0.29) is 0 Å². The van der Waals surface area contributed by atoms with Gasteiger partial charge < -0.3 is 4.42 Å². The maximum atomic E-state index is 10.7. The van der Waals surface area contributed by atoms with Gasteiger partial charge in [-0.1, -0.05) is 24.3 Å². The fraction of sp³-hybridized carbons (Fsp3) is 0.273. The molecule has 1 aromatic carbocycles. The summed E-state index contributed by atoms with van der Waals surface area (Å²) in [7, 11) is 0. The molecule has 0 atom stereocenters. The Hall–Kier alpha value is -1.84. The molecule has 0 saturated heterocycles. The molecule has 78 valence electrons. The summed E-state index contributed by atoms with van der Waals surface area (Å²) < 4.78 is 4.82. The second-order valence-electron chi connectivity index (χ2n) is 3.43. The van der Waals surface area contributed by atoms with E-state index in [0.29, 0.717) is 12.3 Å². The molecule has 0 spiro atoms. The van der Waals surface area contributed by atoms with Crippen LogP contribution in [0.15, 0.2) is 33.5 Å². The van der Waals surface area contributed by atoms with Gasteiger partial charge in [-0.05, 0) is 24.5 Å². The number of nitrogens with one attached hydrogen (secondary N) is 1. The van der Waals surface area contributed by atoms with E-state index >= 15 is 0 Å². The Morgan fingerprint density at radius 3 is 2.80 bits per heavy atom. The predicted octanol–water partition coefficient (Wildman–Crippen LogP) is 1.46. The third-order valence-corrected chi connectivity index (χ3v) is 2.35. The van der Waals surface area contributed by atoms with Crippen LogP contribution in [0, 0.1) is 6.92 Å². The molecule has 0 aliphatic carbocycles. The van der Waals surface area contributed by atoms with E-state index in [4.69, 9.17) is 4.42 Å². The minimum Gasteiger partial charge on any atom is -0.392 e. The quantitative estimate of drug-likeness (QED) is 0.823. The number of benzene rings is 1. The van der Waals surface area contributed by atoms with Crippen LogP contribution in [0.25, 0.3) is 0 Å². The van der Waals surface area contributed by atoms with Crippen molar-refractivity contribution in [1.29, 1.82) is 0 Å². The minimum absolute atomic E-state index is 0.461. The highest BCUT2D eigenvalue weighted by Gasteiger charge is 2.03. The summed E-state index contributed by atoms with van der Waals surface area (Å²) in [6.07, 6.45) is 1.48. The third-order valence-electron chi connectivity index (χ3n) is 2.35. The summed E-state index contributed by atoms with van der Waals surface area (Å²) in [5.74, 6) is -0.0296. The minimum atomic E-state index is -0.491. The van der Waals surface area contributed by atoms with Crippen LogP contribution in [-0.4, -0.2) is 10.2 Å². The summed E-state index contributed by atoms with van der Waals surface area (Å²) in [6.45, 7) is 2.07. The summed E-state index contributed by atoms with van der Waals surface area (Å²) >= 11 is 0. The lowest BCUT2D eigenvalue weighted by atomic mass is 10.0. The van der Waals surface area contributed by atoms with Crippen molar-refractivity contribution in [3.8, 4) is 0 Å². The average Bonchev–Trinajstić information content (AvgIpc) is 2.63. The molecule has 0 amide bonds. The normalized spacial score (nSPS) is 10.5. The van der Waals surface area contributed by atoms with Gasteiger partial charge in [-0.2, -0.15) is 0 Å². The molecule has 0 unspecified atom stereocenters. The topological polar surface area (TPSA) is 58.9 Å². The maximum absolute atomic E-state index is 10.7. The van der Waals surface area contributed by atoms with Crippen LogP contribution in [-0.2, 0) is 12.8 Å². The molecule has 1 heterocycles. The van der Waals surface area contributed by atoms with Crippen LogP contribution in [0.4, 0.5) is 0 Å². The molecule has 2 rings (SSSR count). The van der Waals surface area contributed by atoms with Gasteiger partial charge in [-0.25, -0.2) is 9.89 Å². The molecular formula is C11H12N2O2. The SMILES string of the molecule is Cc1ccccc1CCc1n[nH]c(=O)o1. The summed E-state index contributed by atoms with van der Waals surface area (Å²) in [5.41, 5.74) is 2.50. The molecule has 1 aromatic heterocycles. The fourth-order valence-electron chi connectivity index (χ4n) is 1.50. The number of hydrogen-bond donors (Lipinski definition) is 1. The van der Waals surface area contributed by atoms with Gasteiger partial charge >= 0.3 is 5.76 Å². The van der Waals surface area contributed by atoms with E-state index in [2.05, 4.69) is 29.3 Å². The number of H-pyrrole nitrogens is 1. The Balaban J connectivity index is 2.05. The van der Waals surface area contributed by atoms with E-state index in [0.717, 1.165) is 6.42 Å². The molecule has 2 aromatic rings. The van der Waals surface area contributed by atoms with E-state index in [1.54, 1.807) is 0 Å². The van der Waals surface area contributed by atoms with Gasteiger partial charge in [0.2, 0.25) is 5.89 Å². The molecular weight excluding hydrogens is 192 g/mol. The van der Waals surface area contributed by atoms with E-state index in [1.807, 2.05) is 12.1 Å². The molecule has 0 fully saturated rings.